The quantitative estimate of drug-likeness (QED) is 0.298. The van der Waals surface area contributed by atoms with Gasteiger partial charge < -0.3 is 10.1 Å². The highest BCUT2D eigenvalue weighted by Crippen LogP contribution is 2.41. The van der Waals surface area contributed by atoms with Gasteiger partial charge in [0.25, 0.3) is 0 Å². The van der Waals surface area contributed by atoms with Crippen molar-refractivity contribution in [2.24, 2.45) is 0 Å². The fraction of sp³-hybridized carbons (Fsp3) is 0.211. The number of rotatable bonds is 5. The van der Waals surface area contributed by atoms with Crippen molar-refractivity contribution >= 4 is 46.3 Å². The van der Waals surface area contributed by atoms with Crippen molar-refractivity contribution in [3.63, 3.8) is 0 Å². The number of nitrogens with one attached hydrogen (secondary N) is 1. The molecule has 4 nitrogen and oxygen atoms in total. The minimum atomic E-state index is -4.47. The van der Waals surface area contributed by atoms with Crippen LogP contribution in [0, 0.1) is 11.8 Å². The fourth-order valence-corrected chi connectivity index (χ4v) is 3.83. The highest BCUT2D eigenvalue weighted by atomic mass is 35.5. The van der Waals surface area contributed by atoms with Crippen LogP contribution in [-0.4, -0.2) is 35.0 Å². The number of pyridine rings is 1. The molecule has 0 atom stereocenters. The van der Waals surface area contributed by atoms with Crippen LogP contribution in [0.3, 0.4) is 0 Å². The number of alkyl halides is 3. The molecule has 0 unspecified atom stereocenters. The van der Waals surface area contributed by atoms with Crippen molar-refractivity contribution in [1.82, 2.24) is 9.61 Å². The van der Waals surface area contributed by atoms with Gasteiger partial charge >= 0.3 is 5.51 Å². The summed E-state index contributed by atoms with van der Waals surface area (Å²) in [5, 5.41) is 7.44. The van der Waals surface area contributed by atoms with Gasteiger partial charge in [0.15, 0.2) is 0 Å². The van der Waals surface area contributed by atoms with Gasteiger partial charge in [-0.1, -0.05) is 23.6 Å². The SMILES string of the molecule is COc1cc(SC)ccc1NCC#Cc1nn2c(Cl)cccc2c1SC(F)(F)F. The first-order valence-electron chi connectivity index (χ1n) is 8.20. The van der Waals surface area contributed by atoms with E-state index in [1.807, 2.05) is 24.5 Å². The molecule has 0 radical (unpaired) electrons. The first-order chi connectivity index (χ1) is 13.8. The van der Waals surface area contributed by atoms with Crippen molar-refractivity contribution in [3.8, 4) is 17.6 Å². The summed E-state index contributed by atoms with van der Waals surface area (Å²) in [6, 6.07) is 10.3. The molecule has 0 spiro atoms. The molecule has 0 fully saturated rings. The average Bonchev–Trinajstić information content (AvgIpc) is 3.02. The number of aromatic nitrogens is 2. The Bertz CT molecular complexity index is 1090. The molecule has 0 bridgehead atoms. The summed E-state index contributed by atoms with van der Waals surface area (Å²) in [4.78, 5) is 0.975. The number of halogens is 4. The van der Waals surface area contributed by atoms with Crippen LogP contribution in [0.4, 0.5) is 18.9 Å². The molecule has 1 aromatic carbocycles. The zero-order chi connectivity index (χ0) is 21.0. The Balaban J connectivity index is 1.85. The van der Waals surface area contributed by atoms with E-state index in [0.717, 1.165) is 10.6 Å². The number of nitrogens with zero attached hydrogens (tertiary/aromatic N) is 2. The third-order valence-corrected chi connectivity index (χ3v) is 5.62. The smallest absolute Gasteiger partial charge is 0.446 e. The lowest BCUT2D eigenvalue weighted by Gasteiger charge is -2.10. The maximum atomic E-state index is 13.0. The number of thioether (sulfide) groups is 2. The van der Waals surface area contributed by atoms with Gasteiger partial charge in [0.1, 0.15) is 16.6 Å². The molecule has 2 aromatic heterocycles. The maximum absolute atomic E-state index is 13.0. The van der Waals surface area contributed by atoms with Crippen LogP contribution in [0.2, 0.25) is 5.15 Å². The van der Waals surface area contributed by atoms with Crippen molar-refractivity contribution in [1.29, 1.82) is 0 Å². The molecule has 152 valence electrons. The lowest BCUT2D eigenvalue weighted by atomic mass is 10.3. The van der Waals surface area contributed by atoms with Crippen LogP contribution in [0.25, 0.3) is 5.52 Å². The van der Waals surface area contributed by atoms with Crippen LogP contribution in [-0.2, 0) is 0 Å². The molecule has 0 saturated heterocycles. The first kappa shape index (κ1) is 21.6. The Hall–Kier alpha value is -2.15. The number of methoxy groups -OCH3 is 1. The van der Waals surface area contributed by atoms with Crippen LogP contribution < -0.4 is 10.1 Å². The van der Waals surface area contributed by atoms with Gasteiger partial charge in [-0.15, -0.1) is 11.8 Å². The lowest BCUT2D eigenvalue weighted by molar-refractivity contribution is -0.0327. The van der Waals surface area contributed by atoms with E-state index in [1.54, 1.807) is 31.0 Å². The van der Waals surface area contributed by atoms with Crippen molar-refractivity contribution in [2.75, 3.05) is 25.2 Å². The zero-order valence-electron chi connectivity index (χ0n) is 15.3. The molecule has 0 amide bonds. The van der Waals surface area contributed by atoms with Crippen molar-refractivity contribution < 1.29 is 17.9 Å². The molecule has 2 heterocycles. The predicted octanol–water partition coefficient (Wildman–Crippen LogP) is 5.79. The van der Waals surface area contributed by atoms with Gasteiger partial charge in [0, 0.05) is 4.90 Å². The van der Waals surface area contributed by atoms with E-state index in [0.29, 0.717) is 5.75 Å². The number of hydrogen-bond acceptors (Lipinski definition) is 5. The molecule has 29 heavy (non-hydrogen) atoms. The van der Waals surface area contributed by atoms with Gasteiger partial charge in [-0.25, -0.2) is 4.52 Å². The zero-order valence-corrected chi connectivity index (χ0v) is 17.7. The number of benzene rings is 1. The van der Waals surface area contributed by atoms with E-state index in [-0.39, 0.29) is 39.6 Å². The standard InChI is InChI=1S/C19H15ClF3N3OS2/c1-27-16-11-12(28-2)8-9-13(16)24-10-4-5-14-18(29-19(21,22)23)15-6-3-7-17(20)26(15)25-14/h3,6-9,11,24H,10H2,1-2H3. The Kier molecular flexibility index (Phi) is 6.77. The third kappa shape index (κ3) is 5.26. The molecular formula is C19H15ClF3N3OS2. The Morgan fingerprint density at radius 1 is 1.28 bits per heavy atom. The molecule has 0 aliphatic carbocycles. The van der Waals surface area contributed by atoms with Gasteiger partial charge in [0.05, 0.1) is 29.8 Å². The van der Waals surface area contributed by atoms with E-state index in [9.17, 15) is 13.2 Å². The average molecular weight is 458 g/mol. The van der Waals surface area contributed by atoms with Gasteiger partial charge in [0.2, 0.25) is 0 Å². The lowest BCUT2D eigenvalue weighted by Crippen LogP contribution is -2.01. The second-order valence-electron chi connectivity index (χ2n) is 5.59. The summed E-state index contributed by atoms with van der Waals surface area (Å²) < 4.78 is 45.6. The minimum Gasteiger partial charge on any atom is -0.495 e. The maximum Gasteiger partial charge on any atom is 0.446 e. The Labute approximate surface area is 179 Å². The molecule has 3 aromatic rings. The normalized spacial score (nSPS) is 11.2. The second kappa shape index (κ2) is 9.11. The number of anilines is 1. The highest BCUT2D eigenvalue weighted by Gasteiger charge is 2.32. The molecule has 1 N–H and O–H groups in total. The van der Waals surface area contributed by atoms with Crippen molar-refractivity contribution in [3.05, 3.63) is 47.2 Å². The third-order valence-electron chi connectivity index (χ3n) is 3.77. The van der Waals surface area contributed by atoms with E-state index in [1.165, 1.54) is 10.6 Å². The van der Waals surface area contributed by atoms with Crippen molar-refractivity contribution in [2.45, 2.75) is 15.3 Å². The van der Waals surface area contributed by atoms with Crippen LogP contribution in [0.1, 0.15) is 5.69 Å². The van der Waals surface area contributed by atoms with Gasteiger partial charge in [-0.2, -0.15) is 18.3 Å². The van der Waals surface area contributed by atoms with E-state index in [4.69, 9.17) is 16.3 Å². The summed E-state index contributed by atoms with van der Waals surface area (Å²) in [7, 11) is 1.57. The summed E-state index contributed by atoms with van der Waals surface area (Å²) in [6.45, 7) is 0.201. The van der Waals surface area contributed by atoms with E-state index in [2.05, 4.69) is 22.3 Å². The molecule has 0 saturated carbocycles. The topological polar surface area (TPSA) is 38.6 Å². The van der Waals surface area contributed by atoms with Crippen LogP contribution >= 0.6 is 35.1 Å². The summed E-state index contributed by atoms with van der Waals surface area (Å²) in [6.07, 6.45) is 1.96. The predicted molar refractivity (Wildman–Crippen MR) is 112 cm³/mol. The highest BCUT2D eigenvalue weighted by molar-refractivity contribution is 8.00. The monoisotopic (exact) mass is 457 g/mol. The van der Waals surface area contributed by atoms with E-state index < -0.39 is 5.51 Å². The first-order valence-corrected chi connectivity index (χ1v) is 10.6. The minimum absolute atomic E-state index is 0.0203. The number of ether oxygens (including phenoxy) is 1. The Morgan fingerprint density at radius 2 is 2.07 bits per heavy atom. The van der Waals surface area contributed by atoms with Crippen LogP contribution in [0.15, 0.2) is 46.2 Å². The largest absolute Gasteiger partial charge is 0.495 e. The summed E-state index contributed by atoms with van der Waals surface area (Å²) in [5.74, 6) is 6.19. The second-order valence-corrected chi connectivity index (χ2v) is 7.93. The summed E-state index contributed by atoms with van der Waals surface area (Å²) in [5.41, 5.74) is -3.45. The number of fused-ring (bicyclic) bond motifs is 1. The fourth-order valence-electron chi connectivity index (χ4n) is 2.53. The number of hydrogen-bond donors (Lipinski definition) is 1. The molecular weight excluding hydrogens is 443 g/mol. The van der Waals surface area contributed by atoms with E-state index >= 15 is 0 Å². The molecule has 10 heteroatoms. The van der Waals surface area contributed by atoms with Gasteiger partial charge in [-0.05, 0) is 54.3 Å². The molecule has 0 aliphatic rings. The van der Waals surface area contributed by atoms with Gasteiger partial charge in [-0.3, -0.25) is 0 Å². The molecule has 3 rings (SSSR count). The molecule has 0 aliphatic heterocycles. The summed E-state index contributed by atoms with van der Waals surface area (Å²) >= 11 is 7.39. The Morgan fingerprint density at radius 3 is 2.76 bits per heavy atom. The van der Waals surface area contributed by atoms with Crippen LogP contribution in [0.5, 0.6) is 5.75 Å².